The summed E-state index contributed by atoms with van der Waals surface area (Å²) in [5.41, 5.74) is 2.28. The van der Waals surface area contributed by atoms with E-state index in [0.29, 0.717) is 30.3 Å². The fourth-order valence-corrected chi connectivity index (χ4v) is 2.61. The molecule has 0 spiro atoms. The quantitative estimate of drug-likeness (QED) is 0.713. The highest BCUT2D eigenvalue weighted by molar-refractivity contribution is 6.32. The van der Waals surface area contributed by atoms with Crippen molar-refractivity contribution in [3.8, 4) is 11.5 Å². The maximum atomic E-state index is 12.3. The SMILES string of the molecule is CC[C@@H](Oc1ccccc1Cl)C(=O)NCCOc1ccc(C)cc1C. The Morgan fingerprint density at radius 1 is 1.16 bits per heavy atom. The van der Waals surface area contributed by atoms with Gasteiger partial charge in [-0.2, -0.15) is 0 Å². The van der Waals surface area contributed by atoms with Gasteiger partial charge in [0.05, 0.1) is 11.6 Å². The van der Waals surface area contributed by atoms with Gasteiger partial charge in [-0.05, 0) is 44.0 Å². The van der Waals surface area contributed by atoms with Crippen LogP contribution >= 0.6 is 11.6 Å². The minimum absolute atomic E-state index is 0.174. The van der Waals surface area contributed by atoms with E-state index < -0.39 is 6.10 Å². The Labute approximate surface area is 154 Å². The molecule has 2 rings (SSSR count). The molecule has 1 N–H and O–H groups in total. The summed E-state index contributed by atoms with van der Waals surface area (Å²) in [6.45, 7) is 6.76. The largest absolute Gasteiger partial charge is 0.491 e. The first-order chi connectivity index (χ1) is 12.0. The normalized spacial score (nSPS) is 11.7. The molecule has 0 radical (unpaired) electrons. The molecular formula is C20H24ClNO3. The van der Waals surface area contributed by atoms with Crippen LogP contribution in [0.5, 0.6) is 11.5 Å². The zero-order valence-corrected chi connectivity index (χ0v) is 15.6. The van der Waals surface area contributed by atoms with Gasteiger partial charge in [-0.1, -0.05) is 48.4 Å². The topological polar surface area (TPSA) is 47.6 Å². The molecule has 0 unspecified atom stereocenters. The highest BCUT2D eigenvalue weighted by Gasteiger charge is 2.19. The molecule has 134 valence electrons. The summed E-state index contributed by atoms with van der Waals surface area (Å²) >= 11 is 6.07. The second-order valence-electron chi connectivity index (χ2n) is 5.85. The van der Waals surface area contributed by atoms with Gasteiger partial charge in [0.25, 0.3) is 5.91 Å². The number of benzene rings is 2. The predicted octanol–water partition coefficient (Wildman–Crippen LogP) is 4.31. The van der Waals surface area contributed by atoms with E-state index in [2.05, 4.69) is 11.4 Å². The van der Waals surface area contributed by atoms with E-state index in [1.165, 1.54) is 5.56 Å². The van der Waals surface area contributed by atoms with Crippen LogP contribution in [0.4, 0.5) is 0 Å². The Morgan fingerprint density at radius 3 is 2.60 bits per heavy atom. The molecule has 0 aliphatic rings. The Morgan fingerprint density at radius 2 is 1.92 bits per heavy atom. The Hall–Kier alpha value is -2.20. The van der Waals surface area contributed by atoms with Crippen molar-refractivity contribution in [1.82, 2.24) is 5.32 Å². The van der Waals surface area contributed by atoms with Crippen LogP contribution in [0, 0.1) is 13.8 Å². The summed E-state index contributed by atoms with van der Waals surface area (Å²) in [7, 11) is 0. The maximum Gasteiger partial charge on any atom is 0.261 e. The molecule has 0 aliphatic carbocycles. The van der Waals surface area contributed by atoms with E-state index >= 15 is 0 Å². The van der Waals surface area contributed by atoms with Gasteiger partial charge in [0.15, 0.2) is 6.10 Å². The van der Waals surface area contributed by atoms with Crippen LogP contribution in [0.1, 0.15) is 24.5 Å². The average molecular weight is 362 g/mol. The lowest BCUT2D eigenvalue weighted by atomic mass is 10.1. The minimum Gasteiger partial charge on any atom is -0.491 e. The molecule has 0 aliphatic heterocycles. The third-order valence-corrected chi connectivity index (χ3v) is 4.07. The second-order valence-corrected chi connectivity index (χ2v) is 6.26. The fraction of sp³-hybridized carbons (Fsp3) is 0.350. The number of hydrogen-bond acceptors (Lipinski definition) is 3. The number of aryl methyl sites for hydroxylation is 2. The van der Waals surface area contributed by atoms with E-state index in [4.69, 9.17) is 21.1 Å². The molecule has 1 atom stereocenters. The number of ether oxygens (including phenoxy) is 2. The molecule has 0 aromatic heterocycles. The highest BCUT2D eigenvalue weighted by atomic mass is 35.5. The molecule has 0 saturated heterocycles. The standard InChI is InChI=1S/C20H24ClNO3/c1-4-17(25-19-8-6-5-7-16(19)21)20(23)22-11-12-24-18-10-9-14(2)13-15(18)3/h5-10,13,17H,4,11-12H2,1-3H3,(H,22,23)/t17-/m1/s1. The summed E-state index contributed by atoms with van der Waals surface area (Å²) in [5, 5.41) is 3.33. The predicted molar refractivity (Wildman–Crippen MR) is 101 cm³/mol. The lowest BCUT2D eigenvalue weighted by Crippen LogP contribution is -2.39. The number of hydrogen-bond donors (Lipinski definition) is 1. The fourth-order valence-electron chi connectivity index (χ4n) is 2.43. The van der Waals surface area contributed by atoms with Gasteiger partial charge >= 0.3 is 0 Å². The van der Waals surface area contributed by atoms with Crippen molar-refractivity contribution >= 4 is 17.5 Å². The van der Waals surface area contributed by atoms with E-state index in [9.17, 15) is 4.79 Å². The van der Waals surface area contributed by atoms with Crippen molar-refractivity contribution < 1.29 is 14.3 Å². The van der Waals surface area contributed by atoms with Crippen LogP contribution in [-0.4, -0.2) is 25.2 Å². The van der Waals surface area contributed by atoms with E-state index in [1.54, 1.807) is 12.1 Å². The van der Waals surface area contributed by atoms with E-state index in [1.807, 2.05) is 45.0 Å². The van der Waals surface area contributed by atoms with Gasteiger partial charge in [0, 0.05) is 0 Å². The minimum atomic E-state index is -0.582. The molecule has 2 aromatic carbocycles. The second kappa shape index (κ2) is 9.33. The van der Waals surface area contributed by atoms with Gasteiger partial charge in [-0.25, -0.2) is 0 Å². The van der Waals surface area contributed by atoms with Crippen molar-refractivity contribution in [2.75, 3.05) is 13.2 Å². The van der Waals surface area contributed by atoms with Crippen LogP contribution in [0.2, 0.25) is 5.02 Å². The smallest absolute Gasteiger partial charge is 0.261 e. The molecule has 25 heavy (non-hydrogen) atoms. The monoisotopic (exact) mass is 361 g/mol. The van der Waals surface area contributed by atoms with Crippen LogP contribution in [0.3, 0.4) is 0 Å². The first-order valence-corrected chi connectivity index (χ1v) is 8.78. The van der Waals surface area contributed by atoms with Crippen LogP contribution in [0.25, 0.3) is 0 Å². The molecule has 0 saturated carbocycles. The summed E-state index contributed by atoms with van der Waals surface area (Å²) in [5.74, 6) is 1.17. The number of carbonyl (C=O) groups excluding carboxylic acids is 1. The van der Waals surface area contributed by atoms with Crippen molar-refractivity contribution in [3.63, 3.8) is 0 Å². The number of halogens is 1. The Kier molecular flexibility index (Phi) is 7.14. The summed E-state index contributed by atoms with van der Waals surface area (Å²) < 4.78 is 11.4. The maximum absolute atomic E-state index is 12.3. The van der Waals surface area contributed by atoms with Crippen molar-refractivity contribution in [2.24, 2.45) is 0 Å². The number of amides is 1. The molecule has 0 heterocycles. The van der Waals surface area contributed by atoms with Gasteiger partial charge in [0.2, 0.25) is 0 Å². The average Bonchev–Trinajstić information content (AvgIpc) is 2.59. The molecule has 1 amide bonds. The van der Waals surface area contributed by atoms with Crippen LogP contribution in [-0.2, 0) is 4.79 Å². The number of rotatable bonds is 8. The highest BCUT2D eigenvalue weighted by Crippen LogP contribution is 2.24. The molecule has 4 nitrogen and oxygen atoms in total. The van der Waals surface area contributed by atoms with Gasteiger partial charge in [-0.15, -0.1) is 0 Å². The van der Waals surface area contributed by atoms with Crippen molar-refractivity contribution in [1.29, 1.82) is 0 Å². The molecule has 5 heteroatoms. The lowest BCUT2D eigenvalue weighted by molar-refractivity contribution is -0.128. The molecular weight excluding hydrogens is 338 g/mol. The summed E-state index contributed by atoms with van der Waals surface area (Å²) in [6.07, 6.45) is -0.0318. The third kappa shape index (κ3) is 5.68. The Bertz CT molecular complexity index is 718. The van der Waals surface area contributed by atoms with Gasteiger partial charge in [-0.3, -0.25) is 4.79 Å². The summed E-state index contributed by atoms with van der Waals surface area (Å²) in [6, 6.07) is 13.1. The van der Waals surface area contributed by atoms with Crippen molar-refractivity contribution in [2.45, 2.75) is 33.3 Å². The molecule has 0 bridgehead atoms. The molecule has 2 aromatic rings. The first kappa shape index (κ1) is 19.1. The summed E-state index contributed by atoms with van der Waals surface area (Å²) in [4.78, 5) is 12.3. The zero-order chi connectivity index (χ0) is 18.2. The van der Waals surface area contributed by atoms with E-state index in [0.717, 1.165) is 11.3 Å². The number of para-hydroxylation sites is 1. The Balaban J connectivity index is 1.81. The third-order valence-electron chi connectivity index (χ3n) is 3.76. The lowest BCUT2D eigenvalue weighted by Gasteiger charge is -2.18. The van der Waals surface area contributed by atoms with Gasteiger partial charge < -0.3 is 14.8 Å². The first-order valence-electron chi connectivity index (χ1n) is 8.40. The van der Waals surface area contributed by atoms with E-state index in [-0.39, 0.29) is 5.91 Å². The van der Waals surface area contributed by atoms with Crippen LogP contribution < -0.4 is 14.8 Å². The van der Waals surface area contributed by atoms with Crippen LogP contribution in [0.15, 0.2) is 42.5 Å². The number of carbonyl (C=O) groups is 1. The van der Waals surface area contributed by atoms with Crippen molar-refractivity contribution in [3.05, 3.63) is 58.6 Å². The number of nitrogens with one attached hydrogen (secondary N) is 1. The zero-order valence-electron chi connectivity index (χ0n) is 14.8. The molecule has 0 fully saturated rings. The van der Waals surface area contributed by atoms with Gasteiger partial charge in [0.1, 0.15) is 18.1 Å².